The summed E-state index contributed by atoms with van der Waals surface area (Å²) in [6.45, 7) is 0. The molecule has 0 aliphatic heterocycles. The Morgan fingerprint density at radius 3 is 1.08 bits per heavy atom. The molecule has 0 bridgehead atoms. The highest BCUT2D eigenvalue weighted by Gasteiger charge is 2.20. The van der Waals surface area contributed by atoms with Gasteiger partial charge in [0.25, 0.3) is 0 Å². The smallest absolute Gasteiger partial charge is 0.137 e. The van der Waals surface area contributed by atoms with Crippen molar-refractivity contribution in [2.75, 3.05) is 9.80 Å². The van der Waals surface area contributed by atoms with E-state index in [1.807, 2.05) is 12.1 Å². The summed E-state index contributed by atoms with van der Waals surface area (Å²) in [7, 11) is 0. The van der Waals surface area contributed by atoms with E-state index in [1.54, 1.807) is 0 Å². The van der Waals surface area contributed by atoms with Crippen LogP contribution in [0.15, 0.2) is 296 Å². The van der Waals surface area contributed by atoms with Crippen LogP contribution >= 0.6 is 0 Å². The third-order valence-electron chi connectivity index (χ3n) is 14.1. The lowest BCUT2D eigenvalue weighted by molar-refractivity contribution is 0.669. The van der Waals surface area contributed by atoms with Gasteiger partial charge in [0, 0.05) is 51.0 Å². The van der Waals surface area contributed by atoms with E-state index in [9.17, 15) is 0 Å². The van der Waals surface area contributed by atoms with Crippen LogP contribution in [0.2, 0.25) is 0 Å². The van der Waals surface area contributed by atoms with E-state index in [1.165, 1.54) is 38.6 Å². The standard InChI is InChI=1S/C70H48N2O/c1-5-18-50(19-6-1)65-48-68(54-36-42-59(43-37-54)72(56-26-11-4-12-27-56)60-44-45-64-63-29-15-16-31-69(63)73-70(64)46-60)66(51-20-7-2-8-21-51)47-67(65)53-34-40-58(41-35-53)71(55-24-9-3-10-25-55)57-38-32-52(33-39-57)62-30-17-23-49-22-13-14-28-61(49)62/h1-48H. The highest BCUT2D eigenvalue weighted by atomic mass is 16.3. The van der Waals surface area contributed by atoms with Gasteiger partial charge in [-0.25, -0.2) is 0 Å². The Bertz CT molecular complexity index is 4030. The molecule has 0 spiro atoms. The number of hydrogen-bond donors (Lipinski definition) is 0. The number of furan rings is 1. The molecule has 344 valence electrons. The normalized spacial score (nSPS) is 11.3. The number of anilines is 6. The van der Waals surface area contributed by atoms with Gasteiger partial charge in [0.2, 0.25) is 0 Å². The zero-order valence-electron chi connectivity index (χ0n) is 40.0. The number of benzene rings is 12. The molecule has 0 amide bonds. The van der Waals surface area contributed by atoms with Crippen LogP contribution in [0.25, 0.3) is 88.3 Å². The number of hydrogen-bond acceptors (Lipinski definition) is 3. The van der Waals surface area contributed by atoms with Crippen molar-refractivity contribution in [3.63, 3.8) is 0 Å². The molecule has 3 heteroatoms. The fourth-order valence-electron chi connectivity index (χ4n) is 10.5. The zero-order valence-corrected chi connectivity index (χ0v) is 40.0. The Hall–Kier alpha value is -9.70. The van der Waals surface area contributed by atoms with E-state index in [0.29, 0.717) is 0 Å². The van der Waals surface area contributed by atoms with E-state index in [-0.39, 0.29) is 0 Å². The molecule has 1 aromatic heterocycles. The molecule has 13 aromatic rings. The van der Waals surface area contributed by atoms with Gasteiger partial charge in [0.15, 0.2) is 0 Å². The second kappa shape index (κ2) is 18.9. The highest BCUT2D eigenvalue weighted by Crippen LogP contribution is 2.45. The van der Waals surface area contributed by atoms with Crippen molar-refractivity contribution >= 4 is 66.8 Å². The van der Waals surface area contributed by atoms with Crippen LogP contribution in [0.5, 0.6) is 0 Å². The summed E-state index contributed by atoms with van der Waals surface area (Å²) in [5.41, 5.74) is 19.8. The minimum Gasteiger partial charge on any atom is -0.456 e. The second-order valence-corrected chi connectivity index (χ2v) is 18.5. The van der Waals surface area contributed by atoms with Crippen molar-refractivity contribution in [3.05, 3.63) is 291 Å². The lowest BCUT2D eigenvalue weighted by Gasteiger charge is -2.26. The van der Waals surface area contributed by atoms with Gasteiger partial charge in [0.05, 0.1) is 0 Å². The van der Waals surface area contributed by atoms with Crippen molar-refractivity contribution in [1.29, 1.82) is 0 Å². The lowest BCUT2D eigenvalue weighted by Crippen LogP contribution is -2.09. The average Bonchev–Trinajstić information content (AvgIpc) is 3.84. The molecule has 0 aliphatic carbocycles. The predicted molar refractivity (Wildman–Crippen MR) is 308 cm³/mol. The van der Waals surface area contributed by atoms with Crippen LogP contribution in [0.1, 0.15) is 0 Å². The maximum atomic E-state index is 6.39. The van der Waals surface area contributed by atoms with Gasteiger partial charge in [0.1, 0.15) is 11.2 Å². The van der Waals surface area contributed by atoms with Crippen molar-refractivity contribution in [2.24, 2.45) is 0 Å². The van der Waals surface area contributed by atoms with Gasteiger partial charge in [-0.2, -0.15) is 0 Å². The molecule has 0 atom stereocenters. The number of rotatable bonds is 11. The van der Waals surface area contributed by atoms with Crippen LogP contribution in [0.4, 0.5) is 34.1 Å². The summed E-state index contributed by atoms with van der Waals surface area (Å²) in [6.07, 6.45) is 0. The summed E-state index contributed by atoms with van der Waals surface area (Å²) in [6, 6.07) is 105. The summed E-state index contributed by atoms with van der Waals surface area (Å²) in [5, 5.41) is 4.73. The van der Waals surface area contributed by atoms with Crippen molar-refractivity contribution in [2.45, 2.75) is 0 Å². The zero-order chi connectivity index (χ0) is 48.5. The lowest BCUT2D eigenvalue weighted by atomic mass is 9.85. The minimum atomic E-state index is 0.864. The fourth-order valence-corrected chi connectivity index (χ4v) is 10.5. The summed E-state index contributed by atoms with van der Waals surface area (Å²) >= 11 is 0. The maximum absolute atomic E-state index is 6.39. The van der Waals surface area contributed by atoms with Gasteiger partial charge in [-0.15, -0.1) is 0 Å². The Balaban J connectivity index is 0.899. The van der Waals surface area contributed by atoms with E-state index >= 15 is 0 Å². The third-order valence-corrected chi connectivity index (χ3v) is 14.1. The minimum absolute atomic E-state index is 0.864. The van der Waals surface area contributed by atoms with Crippen molar-refractivity contribution in [3.8, 4) is 55.6 Å². The monoisotopic (exact) mass is 932 g/mol. The molecule has 0 unspecified atom stereocenters. The maximum Gasteiger partial charge on any atom is 0.137 e. The molecule has 13 rings (SSSR count). The SMILES string of the molecule is c1ccc(-c2cc(-c3ccc(N(c4ccccc4)c4ccc5c(c4)oc4ccccc45)cc3)c(-c3ccccc3)cc2-c2ccc(N(c3ccccc3)c3ccc(-c4cccc5ccccc45)cc3)cc2)cc1. The van der Waals surface area contributed by atoms with Crippen LogP contribution < -0.4 is 9.80 Å². The molecular weight excluding hydrogens is 885 g/mol. The van der Waals surface area contributed by atoms with Gasteiger partial charge in [-0.05, 0) is 157 Å². The van der Waals surface area contributed by atoms with Crippen LogP contribution in [0.3, 0.4) is 0 Å². The van der Waals surface area contributed by atoms with Crippen LogP contribution in [-0.4, -0.2) is 0 Å². The average molecular weight is 933 g/mol. The van der Waals surface area contributed by atoms with E-state index in [4.69, 9.17) is 4.42 Å². The van der Waals surface area contributed by atoms with E-state index in [2.05, 4.69) is 289 Å². The molecule has 12 aromatic carbocycles. The quantitative estimate of drug-likeness (QED) is 0.129. The first-order valence-corrected chi connectivity index (χ1v) is 24.9. The first-order chi connectivity index (χ1) is 36.2. The molecule has 0 N–H and O–H groups in total. The first kappa shape index (κ1) is 43.3. The van der Waals surface area contributed by atoms with Crippen LogP contribution in [-0.2, 0) is 0 Å². The van der Waals surface area contributed by atoms with Gasteiger partial charge < -0.3 is 14.2 Å². The fraction of sp³-hybridized carbons (Fsp3) is 0. The molecule has 0 fully saturated rings. The van der Waals surface area contributed by atoms with E-state index in [0.717, 1.165) is 83.9 Å². The first-order valence-electron chi connectivity index (χ1n) is 24.9. The second-order valence-electron chi connectivity index (χ2n) is 18.5. The Labute approximate surface area is 425 Å². The molecule has 0 saturated carbocycles. The Morgan fingerprint density at radius 1 is 0.205 bits per heavy atom. The Kier molecular flexibility index (Phi) is 11.2. The third kappa shape index (κ3) is 8.29. The summed E-state index contributed by atoms with van der Waals surface area (Å²) < 4.78 is 6.39. The molecule has 73 heavy (non-hydrogen) atoms. The predicted octanol–water partition coefficient (Wildman–Crippen LogP) is 20.0. The number of fused-ring (bicyclic) bond motifs is 4. The summed E-state index contributed by atoms with van der Waals surface area (Å²) in [5.74, 6) is 0. The van der Waals surface area contributed by atoms with Gasteiger partial charge >= 0.3 is 0 Å². The van der Waals surface area contributed by atoms with E-state index < -0.39 is 0 Å². The van der Waals surface area contributed by atoms with Gasteiger partial charge in [-0.1, -0.05) is 194 Å². The highest BCUT2D eigenvalue weighted by molar-refractivity contribution is 6.06. The summed E-state index contributed by atoms with van der Waals surface area (Å²) in [4.78, 5) is 4.64. The largest absolute Gasteiger partial charge is 0.456 e. The van der Waals surface area contributed by atoms with Crippen LogP contribution in [0, 0.1) is 0 Å². The number of nitrogens with zero attached hydrogens (tertiary/aromatic N) is 2. The molecule has 3 nitrogen and oxygen atoms in total. The molecule has 0 radical (unpaired) electrons. The van der Waals surface area contributed by atoms with Crippen molar-refractivity contribution in [1.82, 2.24) is 0 Å². The molecule has 0 aliphatic rings. The Morgan fingerprint density at radius 2 is 0.562 bits per heavy atom. The molecular formula is C70H48N2O. The molecule has 0 saturated heterocycles. The van der Waals surface area contributed by atoms with Gasteiger partial charge in [-0.3, -0.25) is 0 Å². The van der Waals surface area contributed by atoms with Crippen molar-refractivity contribution < 1.29 is 4.42 Å². The topological polar surface area (TPSA) is 19.6 Å². The molecule has 1 heterocycles. The number of para-hydroxylation sites is 3.